The molecule has 6 heteroatoms. The summed E-state index contributed by atoms with van der Waals surface area (Å²) in [5.74, 6) is 0.560. The molecule has 0 spiro atoms. The third-order valence-corrected chi connectivity index (χ3v) is 3.43. The zero-order valence-corrected chi connectivity index (χ0v) is 12.2. The molecule has 0 saturated carbocycles. The zero-order chi connectivity index (χ0) is 15.2. The van der Waals surface area contributed by atoms with E-state index in [2.05, 4.69) is 5.32 Å². The fraction of sp³-hybridized carbons (Fsp3) is 0.571. The van der Waals surface area contributed by atoms with Crippen LogP contribution in [0.5, 0.6) is 5.75 Å². The molecule has 0 amide bonds. The molecule has 1 rings (SSSR count). The van der Waals surface area contributed by atoms with Crippen LogP contribution in [-0.2, 0) is 6.54 Å². The summed E-state index contributed by atoms with van der Waals surface area (Å²) in [4.78, 5) is 10.3. The summed E-state index contributed by atoms with van der Waals surface area (Å²) >= 11 is 0. The molecule has 0 atom stereocenters. The molecule has 2 N–H and O–H groups in total. The first-order chi connectivity index (χ1) is 9.45. The highest BCUT2D eigenvalue weighted by Crippen LogP contribution is 2.26. The Morgan fingerprint density at radius 2 is 2.05 bits per heavy atom. The minimum absolute atomic E-state index is 0.0313. The predicted molar refractivity (Wildman–Crippen MR) is 76.9 cm³/mol. The van der Waals surface area contributed by atoms with E-state index in [0.29, 0.717) is 30.7 Å². The number of nitrogens with zero attached hydrogens (tertiary/aromatic N) is 1. The van der Waals surface area contributed by atoms with Crippen LogP contribution in [0.1, 0.15) is 32.3 Å². The normalized spacial score (nSPS) is 11.4. The van der Waals surface area contributed by atoms with Gasteiger partial charge in [-0.3, -0.25) is 10.1 Å². The van der Waals surface area contributed by atoms with Gasteiger partial charge < -0.3 is 15.2 Å². The Kier molecular flexibility index (Phi) is 5.91. The van der Waals surface area contributed by atoms with Crippen LogP contribution in [0.25, 0.3) is 0 Å². The van der Waals surface area contributed by atoms with Gasteiger partial charge in [0.2, 0.25) is 0 Å². The maximum Gasteiger partial charge on any atom is 0.270 e. The Bertz CT molecular complexity index is 458. The maximum atomic E-state index is 10.8. The van der Waals surface area contributed by atoms with Gasteiger partial charge in [0.15, 0.2) is 0 Å². The summed E-state index contributed by atoms with van der Waals surface area (Å²) in [6, 6.07) is 4.48. The summed E-state index contributed by atoms with van der Waals surface area (Å²) < 4.78 is 5.66. The highest BCUT2D eigenvalue weighted by molar-refractivity contribution is 5.43. The van der Waals surface area contributed by atoms with Crippen LogP contribution >= 0.6 is 0 Å². The van der Waals surface area contributed by atoms with E-state index in [1.807, 2.05) is 13.8 Å². The van der Waals surface area contributed by atoms with Gasteiger partial charge in [-0.05, 0) is 26.0 Å². The number of benzene rings is 1. The van der Waals surface area contributed by atoms with Crippen molar-refractivity contribution < 1.29 is 14.8 Å². The first kappa shape index (κ1) is 16.4. The van der Waals surface area contributed by atoms with Crippen LogP contribution < -0.4 is 10.1 Å². The molecular weight excluding hydrogens is 260 g/mol. The molecule has 0 unspecified atom stereocenters. The van der Waals surface area contributed by atoms with Crippen molar-refractivity contribution in [3.8, 4) is 5.75 Å². The number of hydrogen-bond acceptors (Lipinski definition) is 5. The molecule has 0 aliphatic carbocycles. The molecular formula is C14H22N2O4. The number of nitro benzene ring substituents is 1. The Morgan fingerprint density at radius 1 is 1.40 bits per heavy atom. The van der Waals surface area contributed by atoms with E-state index < -0.39 is 10.5 Å². The summed E-state index contributed by atoms with van der Waals surface area (Å²) in [5, 5.41) is 23.9. The Morgan fingerprint density at radius 3 is 2.55 bits per heavy atom. The number of rotatable bonds is 8. The van der Waals surface area contributed by atoms with Gasteiger partial charge in [-0.1, -0.05) is 13.8 Å². The maximum absolute atomic E-state index is 10.8. The van der Waals surface area contributed by atoms with E-state index in [1.54, 1.807) is 13.1 Å². The lowest BCUT2D eigenvalue weighted by Crippen LogP contribution is -2.34. The van der Waals surface area contributed by atoms with E-state index in [9.17, 15) is 15.2 Å². The molecule has 1 aromatic rings. The van der Waals surface area contributed by atoms with E-state index in [1.165, 1.54) is 12.1 Å². The first-order valence-electron chi connectivity index (χ1n) is 6.73. The minimum atomic E-state index is -0.862. The predicted octanol–water partition coefficient (Wildman–Crippen LogP) is 2.24. The van der Waals surface area contributed by atoms with Crippen LogP contribution in [0.15, 0.2) is 18.2 Å². The zero-order valence-electron chi connectivity index (χ0n) is 12.2. The molecule has 0 aliphatic rings. The van der Waals surface area contributed by atoms with Crippen LogP contribution in [0.2, 0.25) is 0 Å². The standard InChI is InChI=1S/C14H22N2O4/c1-4-14(17,5-2)10-20-13-7-6-12(16(18)19)8-11(13)9-15-3/h6-8,15,17H,4-5,9-10H2,1-3H3. The van der Waals surface area contributed by atoms with Crippen LogP contribution in [-0.4, -0.2) is 29.3 Å². The Balaban J connectivity index is 2.91. The van der Waals surface area contributed by atoms with Crippen molar-refractivity contribution in [3.05, 3.63) is 33.9 Å². The van der Waals surface area contributed by atoms with Gasteiger partial charge in [-0.25, -0.2) is 0 Å². The van der Waals surface area contributed by atoms with Crippen LogP contribution in [0.3, 0.4) is 0 Å². The summed E-state index contributed by atoms with van der Waals surface area (Å²) in [7, 11) is 1.76. The number of nitro groups is 1. The molecule has 0 heterocycles. The minimum Gasteiger partial charge on any atom is -0.490 e. The third-order valence-electron chi connectivity index (χ3n) is 3.43. The largest absolute Gasteiger partial charge is 0.490 e. The Labute approximate surface area is 118 Å². The fourth-order valence-electron chi connectivity index (χ4n) is 1.82. The lowest BCUT2D eigenvalue weighted by molar-refractivity contribution is -0.384. The molecule has 20 heavy (non-hydrogen) atoms. The van der Waals surface area contributed by atoms with Gasteiger partial charge in [-0.15, -0.1) is 0 Å². The monoisotopic (exact) mass is 282 g/mol. The molecule has 0 bridgehead atoms. The molecule has 6 nitrogen and oxygen atoms in total. The molecule has 0 saturated heterocycles. The van der Waals surface area contributed by atoms with Crippen molar-refractivity contribution in [1.82, 2.24) is 5.32 Å². The lowest BCUT2D eigenvalue weighted by Gasteiger charge is -2.25. The smallest absolute Gasteiger partial charge is 0.270 e. The molecule has 0 fully saturated rings. The number of hydrogen-bond donors (Lipinski definition) is 2. The van der Waals surface area contributed by atoms with Crippen molar-refractivity contribution in [2.24, 2.45) is 0 Å². The van der Waals surface area contributed by atoms with Gasteiger partial charge in [-0.2, -0.15) is 0 Å². The SMILES string of the molecule is CCC(O)(CC)COc1ccc([N+](=O)[O-])cc1CNC. The van der Waals surface area contributed by atoms with E-state index in [-0.39, 0.29) is 12.3 Å². The van der Waals surface area contributed by atoms with Gasteiger partial charge >= 0.3 is 0 Å². The highest BCUT2D eigenvalue weighted by atomic mass is 16.6. The number of nitrogens with one attached hydrogen (secondary N) is 1. The van der Waals surface area contributed by atoms with Crippen LogP contribution in [0, 0.1) is 10.1 Å². The second-order valence-electron chi connectivity index (χ2n) is 4.80. The number of ether oxygens (including phenoxy) is 1. The number of non-ortho nitro benzene ring substituents is 1. The highest BCUT2D eigenvalue weighted by Gasteiger charge is 2.24. The second-order valence-corrected chi connectivity index (χ2v) is 4.80. The van der Waals surface area contributed by atoms with E-state index in [4.69, 9.17) is 4.74 Å². The molecule has 0 aliphatic heterocycles. The lowest BCUT2D eigenvalue weighted by atomic mass is 9.99. The van der Waals surface area contributed by atoms with Crippen molar-refractivity contribution in [3.63, 3.8) is 0 Å². The van der Waals surface area contributed by atoms with Gasteiger partial charge in [0.05, 0.1) is 10.5 Å². The van der Waals surface area contributed by atoms with Crippen molar-refractivity contribution >= 4 is 5.69 Å². The average Bonchev–Trinajstić information content (AvgIpc) is 2.45. The molecule has 1 aromatic carbocycles. The summed E-state index contributed by atoms with van der Waals surface area (Å²) in [6.07, 6.45) is 1.19. The first-order valence-corrected chi connectivity index (χ1v) is 6.73. The van der Waals surface area contributed by atoms with E-state index in [0.717, 1.165) is 0 Å². The van der Waals surface area contributed by atoms with Gasteiger partial charge in [0.1, 0.15) is 12.4 Å². The summed E-state index contributed by atoms with van der Waals surface area (Å²) in [6.45, 7) is 4.44. The fourth-order valence-corrected chi connectivity index (χ4v) is 1.82. The van der Waals surface area contributed by atoms with Gasteiger partial charge in [0, 0.05) is 24.2 Å². The van der Waals surface area contributed by atoms with Crippen molar-refractivity contribution in [2.75, 3.05) is 13.7 Å². The third kappa shape index (κ3) is 4.18. The average molecular weight is 282 g/mol. The molecule has 0 aromatic heterocycles. The topological polar surface area (TPSA) is 84.6 Å². The number of aliphatic hydroxyl groups is 1. The van der Waals surface area contributed by atoms with Crippen molar-refractivity contribution in [2.45, 2.75) is 38.8 Å². The second kappa shape index (κ2) is 7.21. The quantitative estimate of drug-likeness (QED) is 0.564. The van der Waals surface area contributed by atoms with E-state index >= 15 is 0 Å². The van der Waals surface area contributed by atoms with Gasteiger partial charge in [0.25, 0.3) is 5.69 Å². The van der Waals surface area contributed by atoms with Crippen molar-refractivity contribution in [1.29, 1.82) is 0 Å². The molecule has 0 radical (unpaired) electrons. The Hall–Kier alpha value is -1.66. The van der Waals surface area contributed by atoms with Crippen LogP contribution in [0.4, 0.5) is 5.69 Å². The summed E-state index contributed by atoms with van der Waals surface area (Å²) in [5.41, 5.74) is -0.126. The molecule has 112 valence electrons.